The number of aliphatic hydroxyl groups is 1. The van der Waals surface area contributed by atoms with Crippen LogP contribution in [-0.2, 0) is 0 Å². The minimum absolute atomic E-state index is 0.124. The predicted octanol–water partition coefficient (Wildman–Crippen LogP) is 1.61. The van der Waals surface area contributed by atoms with Crippen molar-refractivity contribution in [2.75, 3.05) is 19.6 Å². The van der Waals surface area contributed by atoms with Gasteiger partial charge in [-0.1, -0.05) is 13.8 Å². The number of rotatable bonds is 6. The van der Waals surface area contributed by atoms with Gasteiger partial charge >= 0.3 is 0 Å². The maximum Gasteiger partial charge on any atom is 0.0549 e. The van der Waals surface area contributed by atoms with Crippen LogP contribution in [0.1, 0.15) is 46.5 Å². The van der Waals surface area contributed by atoms with Gasteiger partial charge in [0.25, 0.3) is 0 Å². The summed E-state index contributed by atoms with van der Waals surface area (Å²) >= 11 is 0. The molecule has 0 saturated carbocycles. The van der Waals surface area contributed by atoms with Gasteiger partial charge in [0.2, 0.25) is 0 Å². The summed E-state index contributed by atoms with van der Waals surface area (Å²) in [6, 6.07) is 1.36. The van der Waals surface area contributed by atoms with E-state index in [1.54, 1.807) is 0 Å². The molecule has 96 valence electrons. The number of nitrogens with zero attached hydrogens (tertiary/aromatic N) is 1. The number of piperidine rings is 1. The van der Waals surface area contributed by atoms with Crippen molar-refractivity contribution in [2.24, 2.45) is 0 Å². The highest BCUT2D eigenvalue weighted by Gasteiger charge is 2.23. The van der Waals surface area contributed by atoms with Gasteiger partial charge in [-0.15, -0.1) is 0 Å². The van der Waals surface area contributed by atoms with Crippen LogP contribution in [0.15, 0.2) is 0 Å². The average molecular weight is 228 g/mol. The van der Waals surface area contributed by atoms with Crippen molar-refractivity contribution in [1.29, 1.82) is 0 Å². The molecule has 1 heterocycles. The predicted molar refractivity (Wildman–Crippen MR) is 68.6 cm³/mol. The molecule has 1 aliphatic rings. The third-order valence-electron chi connectivity index (χ3n) is 3.80. The number of likely N-dealkylation sites (tertiary alicyclic amines) is 1. The van der Waals surface area contributed by atoms with Crippen LogP contribution in [0, 0.1) is 0 Å². The molecule has 1 aliphatic heterocycles. The summed E-state index contributed by atoms with van der Waals surface area (Å²) in [4.78, 5) is 2.54. The Morgan fingerprint density at radius 2 is 2.19 bits per heavy atom. The van der Waals surface area contributed by atoms with E-state index in [9.17, 15) is 5.11 Å². The molecule has 0 bridgehead atoms. The molecule has 0 spiro atoms. The first-order chi connectivity index (χ1) is 7.67. The van der Waals surface area contributed by atoms with Crippen LogP contribution in [0.25, 0.3) is 0 Å². The first-order valence-corrected chi connectivity index (χ1v) is 6.82. The number of nitrogens with one attached hydrogen (secondary N) is 1. The van der Waals surface area contributed by atoms with Gasteiger partial charge in [0, 0.05) is 12.1 Å². The van der Waals surface area contributed by atoms with Gasteiger partial charge in [-0.05, 0) is 52.2 Å². The molecule has 3 atom stereocenters. The second-order valence-electron chi connectivity index (χ2n) is 5.00. The van der Waals surface area contributed by atoms with Gasteiger partial charge in [-0.25, -0.2) is 0 Å². The smallest absolute Gasteiger partial charge is 0.0549 e. The quantitative estimate of drug-likeness (QED) is 0.725. The second kappa shape index (κ2) is 7.25. The van der Waals surface area contributed by atoms with E-state index >= 15 is 0 Å². The largest absolute Gasteiger partial charge is 0.393 e. The van der Waals surface area contributed by atoms with Gasteiger partial charge in [0.05, 0.1) is 6.10 Å². The molecular formula is C13H28N2O. The van der Waals surface area contributed by atoms with E-state index in [2.05, 4.69) is 24.1 Å². The number of aliphatic hydroxyl groups excluding tert-OH is 1. The molecule has 3 heteroatoms. The van der Waals surface area contributed by atoms with Crippen LogP contribution in [0.4, 0.5) is 0 Å². The zero-order valence-corrected chi connectivity index (χ0v) is 11.1. The lowest BCUT2D eigenvalue weighted by Gasteiger charge is -2.37. The van der Waals surface area contributed by atoms with E-state index < -0.39 is 0 Å². The molecule has 3 nitrogen and oxygen atoms in total. The summed E-state index contributed by atoms with van der Waals surface area (Å²) in [5.41, 5.74) is 0. The molecule has 0 aliphatic carbocycles. The Bertz CT molecular complexity index is 187. The Hall–Kier alpha value is -0.120. The summed E-state index contributed by atoms with van der Waals surface area (Å²) < 4.78 is 0. The van der Waals surface area contributed by atoms with E-state index in [-0.39, 0.29) is 6.10 Å². The third kappa shape index (κ3) is 4.40. The molecule has 0 aromatic heterocycles. The highest BCUT2D eigenvalue weighted by molar-refractivity contribution is 4.82. The molecular weight excluding hydrogens is 200 g/mol. The van der Waals surface area contributed by atoms with Gasteiger partial charge in [0.1, 0.15) is 0 Å². The highest BCUT2D eigenvalue weighted by atomic mass is 16.3. The highest BCUT2D eigenvalue weighted by Crippen LogP contribution is 2.16. The lowest BCUT2D eigenvalue weighted by molar-refractivity contribution is 0.133. The summed E-state index contributed by atoms with van der Waals surface area (Å²) in [6.45, 7) is 9.93. The van der Waals surface area contributed by atoms with Crippen molar-refractivity contribution in [3.05, 3.63) is 0 Å². The molecule has 2 N–H and O–H groups in total. The van der Waals surface area contributed by atoms with Crippen molar-refractivity contribution in [1.82, 2.24) is 10.2 Å². The minimum Gasteiger partial charge on any atom is -0.393 e. The van der Waals surface area contributed by atoms with Gasteiger partial charge < -0.3 is 15.3 Å². The van der Waals surface area contributed by atoms with Gasteiger partial charge in [0.15, 0.2) is 0 Å². The fourth-order valence-corrected chi connectivity index (χ4v) is 2.53. The molecule has 0 aromatic rings. The Morgan fingerprint density at radius 3 is 2.75 bits per heavy atom. The standard InChI is InChI=1S/C13H28N2O/c1-4-13(16)6-8-14-12-7-9-15(5-2)11(3)10-12/h11-14,16H,4-10H2,1-3H3. The van der Waals surface area contributed by atoms with Crippen LogP contribution in [0.3, 0.4) is 0 Å². The molecule has 0 radical (unpaired) electrons. The zero-order valence-electron chi connectivity index (χ0n) is 11.1. The van der Waals surface area contributed by atoms with Gasteiger partial charge in [-0.2, -0.15) is 0 Å². The van der Waals surface area contributed by atoms with E-state index in [1.165, 1.54) is 25.9 Å². The Labute approximate surface area is 100 Å². The molecule has 0 aromatic carbocycles. The van der Waals surface area contributed by atoms with Crippen molar-refractivity contribution >= 4 is 0 Å². The maximum absolute atomic E-state index is 9.47. The van der Waals surface area contributed by atoms with Crippen LogP contribution >= 0.6 is 0 Å². The monoisotopic (exact) mass is 228 g/mol. The average Bonchev–Trinajstić information content (AvgIpc) is 2.29. The lowest BCUT2D eigenvalue weighted by Crippen LogP contribution is -2.47. The molecule has 16 heavy (non-hydrogen) atoms. The van der Waals surface area contributed by atoms with Crippen molar-refractivity contribution in [2.45, 2.75) is 64.6 Å². The van der Waals surface area contributed by atoms with E-state index in [0.29, 0.717) is 12.1 Å². The number of hydrogen-bond acceptors (Lipinski definition) is 3. The first kappa shape index (κ1) is 13.9. The topological polar surface area (TPSA) is 35.5 Å². The molecule has 1 saturated heterocycles. The Balaban J connectivity index is 2.15. The molecule has 0 amide bonds. The first-order valence-electron chi connectivity index (χ1n) is 6.82. The van der Waals surface area contributed by atoms with Crippen LogP contribution in [0.5, 0.6) is 0 Å². The van der Waals surface area contributed by atoms with Crippen molar-refractivity contribution in [3.63, 3.8) is 0 Å². The molecule has 1 rings (SSSR count). The second-order valence-corrected chi connectivity index (χ2v) is 5.00. The zero-order chi connectivity index (χ0) is 12.0. The summed E-state index contributed by atoms with van der Waals surface area (Å²) in [7, 11) is 0. The SMILES string of the molecule is CCC(O)CCNC1CCN(CC)C(C)C1. The summed E-state index contributed by atoms with van der Waals surface area (Å²) in [6.07, 6.45) is 4.13. The fourth-order valence-electron chi connectivity index (χ4n) is 2.53. The van der Waals surface area contributed by atoms with Crippen molar-refractivity contribution in [3.8, 4) is 0 Å². The molecule has 3 unspecified atom stereocenters. The number of hydrogen-bond donors (Lipinski definition) is 2. The van der Waals surface area contributed by atoms with Crippen molar-refractivity contribution < 1.29 is 5.11 Å². The Kier molecular flexibility index (Phi) is 6.32. The lowest BCUT2D eigenvalue weighted by atomic mass is 9.98. The Morgan fingerprint density at radius 1 is 1.44 bits per heavy atom. The fraction of sp³-hybridized carbons (Fsp3) is 1.00. The summed E-state index contributed by atoms with van der Waals surface area (Å²) in [5.74, 6) is 0. The summed E-state index contributed by atoms with van der Waals surface area (Å²) in [5, 5.41) is 13.0. The van der Waals surface area contributed by atoms with Gasteiger partial charge in [-0.3, -0.25) is 0 Å². The minimum atomic E-state index is -0.124. The normalized spacial score (nSPS) is 29.2. The van der Waals surface area contributed by atoms with Crippen LogP contribution < -0.4 is 5.32 Å². The molecule has 1 fully saturated rings. The van der Waals surface area contributed by atoms with E-state index in [0.717, 1.165) is 19.4 Å². The maximum atomic E-state index is 9.47. The van der Waals surface area contributed by atoms with E-state index in [1.807, 2.05) is 6.92 Å². The van der Waals surface area contributed by atoms with Crippen LogP contribution in [0.2, 0.25) is 0 Å². The van der Waals surface area contributed by atoms with Crippen LogP contribution in [-0.4, -0.2) is 47.8 Å². The third-order valence-corrected chi connectivity index (χ3v) is 3.80. The van der Waals surface area contributed by atoms with E-state index in [4.69, 9.17) is 0 Å².